The van der Waals surface area contributed by atoms with Gasteiger partial charge in [0.05, 0.1) is 18.6 Å². The molecule has 1 aromatic carbocycles. The molecule has 4 heteroatoms. The molecule has 1 aromatic rings. The topological polar surface area (TPSA) is 52.6 Å². The van der Waals surface area contributed by atoms with E-state index in [1.807, 2.05) is 19.1 Å². The highest BCUT2D eigenvalue weighted by Crippen LogP contribution is 2.09. The zero-order valence-corrected chi connectivity index (χ0v) is 11.9. The zero-order chi connectivity index (χ0) is 14.8. The van der Waals surface area contributed by atoms with Gasteiger partial charge in [-0.3, -0.25) is 4.79 Å². The molecule has 0 bridgehead atoms. The predicted molar refractivity (Wildman–Crippen MR) is 76.3 cm³/mol. The number of allylic oxidation sites excluding steroid dienone is 1. The quantitative estimate of drug-likeness (QED) is 0.567. The lowest BCUT2D eigenvalue weighted by atomic mass is 10.2. The Morgan fingerprint density at radius 2 is 1.90 bits per heavy atom. The van der Waals surface area contributed by atoms with Crippen molar-refractivity contribution in [3.63, 3.8) is 0 Å². The Morgan fingerprint density at radius 1 is 1.20 bits per heavy atom. The summed E-state index contributed by atoms with van der Waals surface area (Å²) in [7, 11) is 0. The molecule has 0 N–H and O–H groups in total. The van der Waals surface area contributed by atoms with Crippen LogP contribution in [0.15, 0.2) is 42.5 Å². The van der Waals surface area contributed by atoms with Crippen molar-refractivity contribution >= 4 is 11.9 Å². The van der Waals surface area contributed by atoms with Crippen LogP contribution >= 0.6 is 0 Å². The molecule has 0 saturated heterocycles. The molecule has 0 saturated carbocycles. The number of carbonyl (C=O) groups is 2. The van der Waals surface area contributed by atoms with Crippen LogP contribution in [0.25, 0.3) is 0 Å². The second kappa shape index (κ2) is 8.91. The molecule has 0 fully saturated rings. The lowest BCUT2D eigenvalue weighted by molar-refractivity contribution is -0.144. The van der Waals surface area contributed by atoms with E-state index in [1.54, 1.807) is 37.3 Å². The minimum Gasteiger partial charge on any atom is -0.466 e. The molecule has 20 heavy (non-hydrogen) atoms. The fourth-order valence-electron chi connectivity index (χ4n) is 1.60. The third kappa shape index (κ3) is 5.69. The van der Waals surface area contributed by atoms with E-state index < -0.39 is 12.1 Å². The van der Waals surface area contributed by atoms with Crippen molar-refractivity contribution in [2.75, 3.05) is 6.61 Å². The lowest BCUT2D eigenvalue weighted by Gasteiger charge is -2.13. The standard InChI is InChI=1S/C16H20O4/c1-3-5-11-14(12-15(17)19-4-2)20-16(18)13-9-7-6-8-10-13/h5-11,14H,3-4,12H2,1-2H3. The highest BCUT2D eigenvalue weighted by Gasteiger charge is 2.17. The summed E-state index contributed by atoms with van der Waals surface area (Å²) in [6, 6.07) is 8.70. The fraction of sp³-hybridized carbons (Fsp3) is 0.375. The van der Waals surface area contributed by atoms with Gasteiger partial charge >= 0.3 is 11.9 Å². The molecule has 0 amide bonds. The summed E-state index contributed by atoms with van der Waals surface area (Å²) in [4.78, 5) is 23.4. The highest BCUT2D eigenvalue weighted by atomic mass is 16.6. The normalized spacial score (nSPS) is 12.1. The van der Waals surface area contributed by atoms with Crippen LogP contribution in [0, 0.1) is 0 Å². The lowest BCUT2D eigenvalue weighted by Crippen LogP contribution is -2.21. The molecule has 1 atom stereocenters. The van der Waals surface area contributed by atoms with E-state index in [0.717, 1.165) is 6.42 Å². The number of benzene rings is 1. The maximum Gasteiger partial charge on any atom is 0.338 e. The molecule has 0 aliphatic carbocycles. The first-order valence-electron chi connectivity index (χ1n) is 6.75. The minimum absolute atomic E-state index is 0.0307. The molecule has 0 heterocycles. The molecule has 0 aromatic heterocycles. The van der Waals surface area contributed by atoms with Gasteiger partial charge in [0.2, 0.25) is 0 Å². The third-order valence-electron chi connectivity index (χ3n) is 2.53. The van der Waals surface area contributed by atoms with Crippen LogP contribution in [0.4, 0.5) is 0 Å². The van der Waals surface area contributed by atoms with Gasteiger partial charge in [0.1, 0.15) is 6.10 Å². The van der Waals surface area contributed by atoms with Gasteiger partial charge in [-0.05, 0) is 31.6 Å². The zero-order valence-electron chi connectivity index (χ0n) is 11.9. The molecular formula is C16H20O4. The number of carbonyl (C=O) groups excluding carboxylic acids is 2. The first-order valence-corrected chi connectivity index (χ1v) is 6.75. The van der Waals surface area contributed by atoms with Gasteiger partial charge in [-0.1, -0.05) is 31.2 Å². The first kappa shape index (κ1) is 16.0. The monoisotopic (exact) mass is 276 g/mol. The van der Waals surface area contributed by atoms with Gasteiger partial charge in [-0.2, -0.15) is 0 Å². The van der Waals surface area contributed by atoms with Gasteiger partial charge in [-0.25, -0.2) is 4.79 Å². The maximum absolute atomic E-state index is 11.9. The van der Waals surface area contributed by atoms with Crippen LogP contribution in [-0.4, -0.2) is 24.6 Å². The van der Waals surface area contributed by atoms with Crippen LogP contribution in [-0.2, 0) is 14.3 Å². The Morgan fingerprint density at radius 3 is 2.50 bits per heavy atom. The molecule has 0 radical (unpaired) electrons. The number of hydrogen-bond donors (Lipinski definition) is 0. The molecular weight excluding hydrogens is 256 g/mol. The SMILES string of the molecule is CCC=CC(CC(=O)OCC)OC(=O)c1ccccc1. The molecule has 0 spiro atoms. The summed E-state index contributed by atoms with van der Waals surface area (Å²) in [6.45, 7) is 4.03. The van der Waals surface area contributed by atoms with E-state index in [2.05, 4.69) is 0 Å². The first-order chi connectivity index (χ1) is 9.67. The van der Waals surface area contributed by atoms with Crippen LogP contribution in [0.3, 0.4) is 0 Å². The average Bonchev–Trinajstić information content (AvgIpc) is 2.45. The minimum atomic E-state index is -0.596. The van der Waals surface area contributed by atoms with Gasteiger partial charge in [0.25, 0.3) is 0 Å². The Bertz CT molecular complexity index is 451. The van der Waals surface area contributed by atoms with Crippen LogP contribution in [0.2, 0.25) is 0 Å². The second-order valence-corrected chi connectivity index (χ2v) is 4.16. The highest BCUT2D eigenvalue weighted by molar-refractivity contribution is 5.89. The second-order valence-electron chi connectivity index (χ2n) is 4.16. The van der Waals surface area contributed by atoms with Crippen molar-refractivity contribution in [1.29, 1.82) is 0 Å². The van der Waals surface area contributed by atoms with Gasteiger partial charge in [0.15, 0.2) is 0 Å². The number of esters is 2. The Balaban J connectivity index is 2.67. The van der Waals surface area contributed by atoms with E-state index in [9.17, 15) is 9.59 Å². The van der Waals surface area contributed by atoms with E-state index in [0.29, 0.717) is 12.2 Å². The summed E-state index contributed by atoms with van der Waals surface area (Å²) in [6.07, 6.45) is 3.83. The van der Waals surface area contributed by atoms with Gasteiger partial charge < -0.3 is 9.47 Å². The van der Waals surface area contributed by atoms with Crippen LogP contribution < -0.4 is 0 Å². The maximum atomic E-state index is 11.9. The number of rotatable bonds is 7. The van der Waals surface area contributed by atoms with Crippen molar-refractivity contribution in [3.8, 4) is 0 Å². The molecule has 1 unspecified atom stereocenters. The largest absolute Gasteiger partial charge is 0.466 e. The molecule has 0 aliphatic heterocycles. The van der Waals surface area contributed by atoms with Crippen molar-refractivity contribution < 1.29 is 19.1 Å². The van der Waals surface area contributed by atoms with Gasteiger partial charge in [-0.15, -0.1) is 0 Å². The Kier molecular flexibility index (Phi) is 7.11. The fourth-order valence-corrected chi connectivity index (χ4v) is 1.60. The molecule has 108 valence electrons. The molecule has 1 rings (SSSR count). The predicted octanol–water partition coefficient (Wildman–Crippen LogP) is 3.13. The number of ether oxygens (including phenoxy) is 2. The summed E-state index contributed by atoms with van der Waals surface area (Å²) in [5, 5.41) is 0. The average molecular weight is 276 g/mol. The van der Waals surface area contributed by atoms with Gasteiger partial charge in [0, 0.05) is 0 Å². The van der Waals surface area contributed by atoms with E-state index in [1.165, 1.54) is 0 Å². The van der Waals surface area contributed by atoms with Crippen molar-refractivity contribution in [2.45, 2.75) is 32.8 Å². The summed E-state index contributed by atoms with van der Waals surface area (Å²) >= 11 is 0. The summed E-state index contributed by atoms with van der Waals surface area (Å²) in [5.74, 6) is -0.820. The smallest absolute Gasteiger partial charge is 0.338 e. The van der Waals surface area contributed by atoms with E-state index in [-0.39, 0.29) is 12.4 Å². The van der Waals surface area contributed by atoms with Crippen molar-refractivity contribution in [3.05, 3.63) is 48.0 Å². The summed E-state index contributed by atoms with van der Waals surface area (Å²) < 4.78 is 10.2. The van der Waals surface area contributed by atoms with Crippen LogP contribution in [0.5, 0.6) is 0 Å². The van der Waals surface area contributed by atoms with E-state index >= 15 is 0 Å². The van der Waals surface area contributed by atoms with Crippen molar-refractivity contribution in [1.82, 2.24) is 0 Å². The van der Waals surface area contributed by atoms with Crippen LogP contribution in [0.1, 0.15) is 37.0 Å². The van der Waals surface area contributed by atoms with Crippen molar-refractivity contribution in [2.24, 2.45) is 0 Å². The Hall–Kier alpha value is -2.10. The molecule has 0 aliphatic rings. The third-order valence-corrected chi connectivity index (χ3v) is 2.53. The van der Waals surface area contributed by atoms with E-state index in [4.69, 9.17) is 9.47 Å². The number of hydrogen-bond acceptors (Lipinski definition) is 4. The summed E-state index contributed by atoms with van der Waals surface area (Å²) in [5.41, 5.74) is 0.464. The Labute approximate surface area is 119 Å². The molecule has 4 nitrogen and oxygen atoms in total.